The van der Waals surface area contributed by atoms with Gasteiger partial charge in [-0.2, -0.15) is 0 Å². The summed E-state index contributed by atoms with van der Waals surface area (Å²) in [6, 6.07) is 7.26. The lowest BCUT2D eigenvalue weighted by Crippen LogP contribution is -1.93. The van der Waals surface area contributed by atoms with Gasteiger partial charge in [0.2, 0.25) is 0 Å². The smallest absolute Gasteiger partial charge is 0.112 e. The van der Waals surface area contributed by atoms with Crippen LogP contribution in [0.5, 0.6) is 0 Å². The van der Waals surface area contributed by atoms with Gasteiger partial charge < -0.3 is 10.8 Å². The summed E-state index contributed by atoms with van der Waals surface area (Å²) in [6.45, 7) is 1.62. The predicted octanol–water partition coefficient (Wildman–Crippen LogP) is 1.00. The zero-order valence-electron chi connectivity index (χ0n) is 6.91. The van der Waals surface area contributed by atoms with Crippen molar-refractivity contribution >= 4 is 5.69 Å². The summed E-state index contributed by atoms with van der Waals surface area (Å²) in [4.78, 5) is 0. The van der Waals surface area contributed by atoms with E-state index in [1.807, 2.05) is 12.1 Å². The zero-order chi connectivity index (χ0) is 8.97. The lowest BCUT2D eigenvalue weighted by molar-refractivity contribution is 0.253. The fourth-order valence-electron chi connectivity index (χ4n) is 0.804. The number of aliphatic hydroxyl groups excluding tert-OH is 1. The van der Waals surface area contributed by atoms with Crippen LogP contribution in [0.25, 0.3) is 0 Å². The second-order valence-corrected chi connectivity index (χ2v) is 2.57. The van der Waals surface area contributed by atoms with Crippen LogP contribution in [-0.4, -0.2) is 11.2 Å². The fourth-order valence-corrected chi connectivity index (χ4v) is 0.804. The molecule has 0 aromatic heterocycles. The molecule has 1 aromatic carbocycles. The molecule has 0 aliphatic carbocycles. The van der Waals surface area contributed by atoms with Crippen LogP contribution in [0.1, 0.15) is 12.5 Å². The Kier molecular flexibility index (Phi) is 2.73. The van der Waals surface area contributed by atoms with E-state index >= 15 is 0 Å². The van der Waals surface area contributed by atoms with Crippen molar-refractivity contribution in [1.82, 2.24) is 0 Å². The Morgan fingerprint density at radius 1 is 1.50 bits per heavy atom. The van der Waals surface area contributed by atoms with Crippen LogP contribution < -0.4 is 5.73 Å². The van der Waals surface area contributed by atoms with Crippen LogP contribution in [0, 0.1) is 11.8 Å². The third-order valence-electron chi connectivity index (χ3n) is 1.31. The number of anilines is 1. The average molecular weight is 161 g/mol. The second-order valence-electron chi connectivity index (χ2n) is 2.57. The van der Waals surface area contributed by atoms with Gasteiger partial charge >= 0.3 is 0 Å². The van der Waals surface area contributed by atoms with E-state index in [0.29, 0.717) is 5.69 Å². The van der Waals surface area contributed by atoms with Gasteiger partial charge in [-0.1, -0.05) is 17.9 Å². The molecule has 62 valence electrons. The Labute approximate surface area is 72.0 Å². The molecule has 3 N–H and O–H groups in total. The number of nitrogens with two attached hydrogens (primary N) is 1. The van der Waals surface area contributed by atoms with Gasteiger partial charge in [0.15, 0.2) is 0 Å². The molecule has 0 aliphatic heterocycles. The van der Waals surface area contributed by atoms with E-state index in [1.54, 1.807) is 19.1 Å². The van der Waals surface area contributed by atoms with Gasteiger partial charge in [0.1, 0.15) is 6.10 Å². The fraction of sp³-hybridized carbons (Fsp3) is 0.200. The molecule has 2 heteroatoms. The summed E-state index contributed by atoms with van der Waals surface area (Å²) in [5.74, 6) is 5.44. The van der Waals surface area contributed by atoms with Crippen molar-refractivity contribution in [2.45, 2.75) is 13.0 Å². The van der Waals surface area contributed by atoms with Gasteiger partial charge in [-0.3, -0.25) is 0 Å². The lowest BCUT2D eigenvalue weighted by atomic mass is 10.2. The number of benzene rings is 1. The van der Waals surface area contributed by atoms with Crippen molar-refractivity contribution in [3.8, 4) is 11.8 Å². The molecule has 0 unspecified atom stereocenters. The van der Waals surface area contributed by atoms with E-state index in [-0.39, 0.29) is 0 Å². The largest absolute Gasteiger partial charge is 0.399 e. The maximum atomic E-state index is 8.88. The number of rotatable bonds is 0. The van der Waals surface area contributed by atoms with E-state index in [9.17, 15) is 0 Å². The van der Waals surface area contributed by atoms with E-state index in [2.05, 4.69) is 11.8 Å². The molecule has 0 saturated heterocycles. The first kappa shape index (κ1) is 8.63. The molecule has 0 fully saturated rings. The van der Waals surface area contributed by atoms with Gasteiger partial charge in [0, 0.05) is 11.3 Å². The normalized spacial score (nSPS) is 11.5. The zero-order valence-corrected chi connectivity index (χ0v) is 6.91. The third-order valence-corrected chi connectivity index (χ3v) is 1.31. The molecule has 1 rings (SSSR count). The lowest BCUT2D eigenvalue weighted by Gasteiger charge is -1.93. The molecular formula is C10H11NO. The quantitative estimate of drug-likeness (QED) is 0.440. The molecule has 0 spiro atoms. The summed E-state index contributed by atoms with van der Waals surface area (Å²) in [7, 11) is 0. The first-order valence-electron chi connectivity index (χ1n) is 3.73. The Hall–Kier alpha value is -1.46. The molecule has 0 aliphatic rings. The van der Waals surface area contributed by atoms with Gasteiger partial charge in [-0.05, 0) is 25.1 Å². The summed E-state index contributed by atoms with van der Waals surface area (Å²) in [6.07, 6.45) is -0.591. The highest BCUT2D eigenvalue weighted by atomic mass is 16.3. The Balaban J connectivity index is 2.85. The summed E-state index contributed by atoms with van der Waals surface area (Å²) in [5, 5.41) is 8.88. The summed E-state index contributed by atoms with van der Waals surface area (Å²) < 4.78 is 0. The minimum atomic E-state index is -0.591. The van der Waals surface area contributed by atoms with Crippen molar-refractivity contribution < 1.29 is 5.11 Å². The van der Waals surface area contributed by atoms with Crippen molar-refractivity contribution in [3.63, 3.8) is 0 Å². The first-order chi connectivity index (χ1) is 5.68. The summed E-state index contributed by atoms with van der Waals surface area (Å²) >= 11 is 0. The number of hydrogen-bond donors (Lipinski definition) is 2. The number of hydrogen-bond acceptors (Lipinski definition) is 2. The molecule has 12 heavy (non-hydrogen) atoms. The highest BCUT2D eigenvalue weighted by molar-refractivity contribution is 5.47. The second kappa shape index (κ2) is 3.80. The van der Waals surface area contributed by atoms with Crippen molar-refractivity contribution in [1.29, 1.82) is 0 Å². The topological polar surface area (TPSA) is 46.2 Å². The van der Waals surface area contributed by atoms with E-state index in [4.69, 9.17) is 10.8 Å². The SMILES string of the molecule is C[C@@H](O)C#Cc1cccc(N)c1. The van der Waals surface area contributed by atoms with Crippen LogP contribution >= 0.6 is 0 Å². The van der Waals surface area contributed by atoms with E-state index in [1.165, 1.54) is 0 Å². The molecule has 2 nitrogen and oxygen atoms in total. The van der Waals surface area contributed by atoms with Gasteiger partial charge in [0.05, 0.1) is 0 Å². The molecule has 0 saturated carbocycles. The predicted molar refractivity (Wildman–Crippen MR) is 49.4 cm³/mol. The Bertz CT molecular complexity index is 320. The Morgan fingerprint density at radius 2 is 2.25 bits per heavy atom. The standard InChI is InChI=1S/C10H11NO/c1-8(12)5-6-9-3-2-4-10(11)7-9/h2-4,7-8,12H,11H2,1H3/t8-/m1/s1. The molecule has 0 heterocycles. The van der Waals surface area contributed by atoms with Crippen LogP contribution in [0.4, 0.5) is 5.69 Å². The van der Waals surface area contributed by atoms with Gasteiger partial charge in [0.25, 0.3) is 0 Å². The maximum Gasteiger partial charge on any atom is 0.112 e. The number of aliphatic hydroxyl groups is 1. The van der Waals surface area contributed by atoms with Crippen LogP contribution in [0.3, 0.4) is 0 Å². The minimum Gasteiger partial charge on any atom is -0.399 e. The molecule has 0 radical (unpaired) electrons. The molecule has 1 atom stereocenters. The monoisotopic (exact) mass is 161 g/mol. The average Bonchev–Trinajstić information content (AvgIpc) is 2.01. The van der Waals surface area contributed by atoms with Crippen LogP contribution in [-0.2, 0) is 0 Å². The van der Waals surface area contributed by atoms with Crippen molar-refractivity contribution in [2.24, 2.45) is 0 Å². The minimum absolute atomic E-state index is 0.591. The number of nitrogen functional groups attached to an aromatic ring is 1. The highest BCUT2D eigenvalue weighted by Gasteiger charge is 1.88. The Morgan fingerprint density at radius 3 is 2.83 bits per heavy atom. The molecule has 0 amide bonds. The summed E-state index contributed by atoms with van der Waals surface area (Å²) in [5.41, 5.74) is 7.05. The highest BCUT2D eigenvalue weighted by Crippen LogP contribution is 2.04. The van der Waals surface area contributed by atoms with E-state index in [0.717, 1.165) is 5.56 Å². The van der Waals surface area contributed by atoms with Crippen molar-refractivity contribution in [3.05, 3.63) is 29.8 Å². The van der Waals surface area contributed by atoms with Gasteiger partial charge in [-0.25, -0.2) is 0 Å². The first-order valence-corrected chi connectivity index (χ1v) is 3.73. The third kappa shape index (κ3) is 2.65. The molecular weight excluding hydrogens is 150 g/mol. The van der Waals surface area contributed by atoms with Gasteiger partial charge in [-0.15, -0.1) is 0 Å². The molecule has 0 bridgehead atoms. The van der Waals surface area contributed by atoms with Crippen molar-refractivity contribution in [2.75, 3.05) is 5.73 Å². The van der Waals surface area contributed by atoms with Crippen LogP contribution in [0.15, 0.2) is 24.3 Å². The maximum absolute atomic E-state index is 8.88. The molecule has 1 aromatic rings. The van der Waals surface area contributed by atoms with Crippen LogP contribution in [0.2, 0.25) is 0 Å². The van der Waals surface area contributed by atoms with E-state index < -0.39 is 6.10 Å².